The summed E-state index contributed by atoms with van der Waals surface area (Å²) < 4.78 is 5.05. The smallest absolute Gasteiger partial charge is 0.227 e. The van der Waals surface area contributed by atoms with Crippen molar-refractivity contribution in [3.8, 4) is 0 Å². The van der Waals surface area contributed by atoms with Crippen LogP contribution in [0.4, 0.5) is 0 Å². The number of ether oxygens (including phenoxy) is 1. The lowest BCUT2D eigenvalue weighted by Crippen LogP contribution is -2.42. The van der Waals surface area contributed by atoms with Gasteiger partial charge < -0.3 is 10.1 Å². The van der Waals surface area contributed by atoms with Crippen molar-refractivity contribution in [2.75, 3.05) is 19.6 Å². The van der Waals surface area contributed by atoms with Crippen molar-refractivity contribution in [2.45, 2.75) is 31.2 Å². The zero-order chi connectivity index (χ0) is 13.7. The summed E-state index contributed by atoms with van der Waals surface area (Å²) in [5.41, 5.74) is 2.46. The first-order valence-corrected chi connectivity index (χ1v) is 7.22. The molecule has 0 saturated carbocycles. The van der Waals surface area contributed by atoms with Crippen LogP contribution in [0.15, 0.2) is 24.3 Å². The molecule has 0 bridgehead atoms. The molecule has 1 amide bonds. The van der Waals surface area contributed by atoms with Crippen LogP contribution in [-0.4, -0.2) is 31.5 Å². The second-order valence-electron chi connectivity index (χ2n) is 4.96. The van der Waals surface area contributed by atoms with Crippen LogP contribution < -0.4 is 5.32 Å². The largest absolute Gasteiger partial charge is 0.383 e. The number of nitrogens with one attached hydrogen (secondary N) is 1. The molecule has 2 unspecified atom stereocenters. The van der Waals surface area contributed by atoms with Gasteiger partial charge in [-0.25, -0.2) is 0 Å². The third kappa shape index (κ3) is 3.48. The van der Waals surface area contributed by atoms with Gasteiger partial charge in [0.15, 0.2) is 0 Å². The molecule has 0 heterocycles. The van der Waals surface area contributed by atoms with Crippen molar-refractivity contribution >= 4 is 17.5 Å². The number of hydrogen-bond acceptors (Lipinski definition) is 2. The van der Waals surface area contributed by atoms with E-state index in [9.17, 15) is 4.79 Å². The summed E-state index contributed by atoms with van der Waals surface area (Å²) in [5, 5.41) is 2.98. The van der Waals surface area contributed by atoms with Crippen LogP contribution in [0.3, 0.4) is 0 Å². The molecule has 1 aliphatic carbocycles. The minimum absolute atomic E-state index is 0.0486. The van der Waals surface area contributed by atoms with Gasteiger partial charge in [-0.3, -0.25) is 4.79 Å². The standard InChI is InChI=1S/C15H20ClNO2/c1-19-10-12(9-16)17-15(18)14-8-4-6-11-5-2-3-7-13(11)14/h2-3,5,7,12,14H,4,6,8-10H2,1H3,(H,17,18). The van der Waals surface area contributed by atoms with Crippen molar-refractivity contribution in [1.82, 2.24) is 5.32 Å². The molecule has 0 spiro atoms. The Hall–Kier alpha value is -1.06. The topological polar surface area (TPSA) is 38.3 Å². The van der Waals surface area contributed by atoms with E-state index in [0.717, 1.165) is 24.8 Å². The van der Waals surface area contributed by atoms with Gasteiger partial charge in [0.25, 0.3) is 0 Å². The van der Waals surface area contributed by atoms with E-state index in [1.54, 1.807) is 7.11 Å². The summed E-state index contributed by atoms with van der Waals surface area (Å²) >= 11 is 5.83. The second kappa shape index (κ2) is 6.92. The summed E-state index contributed by atoms with van der Waals surface area (Å²) in [6.07, 6.45) is 3.03. The van der Waals surface area contributed by atoms with Crippen LogP contribution in [0.1, 0.15) is 29.9 Å². The van der Waals surface area contributed by atoms with Gasteiger partial charge in [-0.2, -0.15) is 0 Å². The molecule has 0 radical (unpaired) electrons. The van der Waals surface area contributed by atoms with E-state index < -0.39 is 0 Å². The molecule has 4 heteroatoms. The Morgan fingerprint density at radius 1 is 1.53 bits per heavy atom. The van der Waals surface area contributed by atoms with Gasteiger partial charge in [0.05, 0.1) is 18.6 Å². The number of aryl methyl sites for hydroxylation is 1. The van der Waals surface area contributed by atoms with Crippen LogP contribution in [0.25, 0.3) is 0 Å². The van der Waals surface area contributed by atoms with Gasteiger partial charge in [0, 0.05) is 13.0 Å². The van der Waals surface area contributed by atoms with E-state index in [-0.39, 0.29) is 17.9 Å². The number of carbonyl (C=O) groups excluding carboxylic acids is 1. The predicted octanol–water partition coefficient (Wildman–Crippen LogP) is 2.48. The fourth-order valence-corrected chi connectivity index (χ4v) is 2.82. The van der Waals surface area contributed by atoms with Gasteiger partial charge in [-0.1, -0.05) is 24.3 Å². The number of halogens is 1. The molecule has 1 aromatic rings. The van der Waals surface area contributed by atoms with Crippen molar-refractivity contribution in [1.29, 1.82) is 0 Å². The number of amides is 1. The molecule has 19 heavy (non-hydrogen) atoms. The highest BCUT2D eigenvalue weighted by molar-refractivity contribution is 6.18. The Balaban J connectivity index is 2.08. The van der Waals surface area contributed by atoms with Crippen molar-refractivity contribution in [3.05, 3.63) is 35.4 Å². The minimum atomic E-state index is -0.117. The average Bonchev–Trinajstić information content (AvgIpc) is 2.46. The van der Waals surface area contributed by atoms with Crippen LogP contribution in [-0.2, 0) is 16.0 Å². The highest BCUT2D eigenvalue weighted by atomic mass is 35.5. The zero-order valence-electron chi connectivity index (χ0n) is 11.2. The summed E-state index contributed by atoms with van der Waals surface area (Å²) in [7, 11) is 1.61. The quantitative estimate of drug-likeness (QED) is 0.842. The zero-order valence-corrected chi connectivity index (χ0v) is 12.0. The number of carbonyl (C=O) groups is 1. The maximum Gasteiger partial charge on any atom is 0.227 e. The SMILES string of the molecule is COCC(CCl)NC(=O)C1CCCc2ccccc21. The van der Waals surface area contributed by atoms with Crippen LogP contribution in [0.5, 0.6) is 0 Å². The summed E-state index contributed by atoms with van der Waals surface area (Å²) in [5.74, 6) is 0.385. The second-order valence-corrected chi connectivity index (χ2v) is 5.27. The molecule has 0 fully saturated rings. The number of methoxy groups -OCH3 is 1. The van der Waals surface area contributed by atoms with Gasteiger partial charge in [-0.05, 0) is 30.4 Å². The van der Waals surface area contributed by atoms with E-state index in [1.165, 1.54) is 5.56 Å². The molecule has 0 saturated heterocycles. The van der Waals surface area contributed by atoms with Gasteiger partial charge in [-0.15, -0.1) is 11.6 Å². The number of rotatable bonds is 5. The Morgan fingerprint density at radius 3 is 3.05 bits per heavy atom. The molecule has 1 aromatic carbocycles. The highest BCUT2D eigenvalue weighted by Gasteiger charge is 2.27. The highest BCUT2D eigenvalue weighted by Crippen LogP contribution is 2.31. The molecule has 2 atom stereocenters. The van der Waals surface area contributed by atoms with E-state index in [1.807, 2.05) is 12.1 Å². The number of hydrogen-bond donors (Lipinski definition) is 1. The Labute approximate surface area is 119 Å². The predicted molar refractivity (Wildman–Crippen MR) is 76.6 cm³/mol. The molecular weight excluding hydrogens is 262 g/mol. The van der Waals surface area contributed by atoms with Gasteiger partial charge in [0.1, 0.15) is 0 Å². The van der Waals surface area contributed by atoms with E-state index >= 15 is 0 Å². The Kier molecular flexibility index (Phi) is 5.23. The normalized spacial score (nSPS) is 19.6. The molecule has 1 N–H and O–H groups in total. The van der Waals surface area contributed by atoms with E-state index in [4.69, 9.17) is 16.3 Å². The lowest BCUT2D eigenvalue weighted by Gasteiger charge is -2.26. The van der Waals surface area contributed by atoms with Crippen molar-refractivity contribution in [2.24, 2.45) is 0 Å². The lowest BCUT2D eigenvalue weighted by atomic mass is 9.82. The molecule has 0 aliphatic heterocycles. The molecule has 2 rings (SSSR count). The van der Waals surface area contributed by atoms with Crippen LogP contribution in [0.2, 0.25) is 0 Å². The molecule has 0 aromatic heterocycles. The Bertz CT molecular complexity index is 436. The number of fused-ring (bicyclic) bond motifs is 1. The first kappa shape index (κ1) is 14.4. The summed E-state index contributed by atoms with van der Waals surface area (Å²) in [4.78, 5) is 12.4. The maximum absolute atomic E-state index is 12.4. The summed E-state index contributed by atoms with van der Waals surface area (Å²) in [6, 6.07) is 8.09. The first-order chi connectivity index (χ1) is 9.26. The number of benzene rings is 1. The lowest BCUT2D eigenvalue weighted by molar-refractivity contribution is -0.123. The fourth-order valence-electron chi connectivity index (χ4n) is 2.65. The average molecular weight is 282 g/mol. The maximum atomic E-state index is 12.4. The monoisotopic (exact) mass is 281 g/mol. The van der Waals surface area contributed by atoms with Gasteiger partial charge >= 0.3 is 0 Å². The molecule has 1 aliphatic rings. The Morgan fingerprint density at radius 2 is 2.32 bits per heavy atom. The van der Waals surface area contributed by atoms with Crippen molar-refractivity contribution in [3.63, 3.8) is 0 Å². The molecule has 104 valence electrons. The third-order valence-electron chi connectivity index (χ3n) is 3.59. The molecule has 3 nitrogen and oxygen atoms in total. The number of alkyl halides is 1. The van der Waals surface area contributed by atoms with Crippen molar-refractivity contribution < 1.29 is 9.53 Å². The van der Waals surface area contributed by atoms with E-state index in [0.29, 0.717) is 12.5 Å². The molecular formula is C15H20ClNO2. The summed E-state index contributed by atoms with van der Waals surface area (Å²) in [6.45, 7) is 0.448. The van der Waals surface area contributed by atoms with E-state index in [2.05, 4.69) is 17.4 Å². The minimum Gasteiger partial charge on any atom is -0.383 e. The third-order valence-corrected chi connectivity index (χ3v) is 3.96. The van der Waals surface area contributed by atoms with Crippen LogP contribution >= 0.6 is 11.6 Å². The fraction of sp³-hybridized carbons (Fsp3) is 0.533. The first-order valence-electron chi connectivity index (χ1n) is 6.69. The van der Waals surface area contributed by atoms with Crippen LogP contribution in [0, 0.1) is 0 Å². The van der Waals surface area contributed by atoms with Gasteiger partial charge in [0.2, 0.25) is 5.91 Å².